The van der Waals surface area contributed by atoms with Crippen molar-refractivity contribution in [1.29, 1.82) is 0 Å². The van der Waals surface area contributed by atoms with Gasteiger partial charge in [-0.25, -0.2) is 0 Å². The van der Waals surface area contributed by atoms with Crippen LogP contribution in [0.1, 0.15) is 16.7 Å². The third-order valence-corrected chi connectivity index (χ3v) is 6.39. The van der Waals surface area contributed by atoms with E-state index in [0.717, 1.165) is 12.2 Å². The SMILES string of the molecule is C1=Cc2c3c(c4ccccc4c2OC1)-c1ccc(-c2cccs2)cc1C3. The number of hydrogen-bond donors (Lipinski definition) is 0. The van der Waals surface area contributed by atoms with Crippen molar-refractivity contribution in [2.75, 3.05) is 6.61 Å². The summed E-state index contributed by atoms with van der Waals surface area (Å²) >= 11 is 1.80. The minimum absolute atomic E-state index is 0.658. The molecule has 0 bridgehead atoms. The molecular formula is C24H16OS. The fourth-order valence-electron chi connectivity index (χ4n) is 4.37. The summed E-state index contributed by atoms with van der Waals surface area (Å²) in [5, 5.41) is 4.67. The van der Waals surface area contributed by atoms with Crippen molar-refractivity contribution in [3.8, 4) is 27.3 Å². The van der Waals surface area contributed by atoms with Crippen LogP contribution in [0.2, 0.25) is 0 Å². The average Bonchev–Trinajstić information content (AvgIpc) is 3.36. The molecular weight excluding hydrogens is 336 g/mol. The Hall–Kier alpha value is -2.84. The Morgan fingerprint density at radius 1 is 0.923 bits per heavy atom. The van der Waals surface area contributed by atoms with Crippen LogP contribution >= 0.6 is 11.3 Å². The largest absolute Gasteiger partial charge is 0.488 e. The van der Waals surface area contributed by atoms with Gasteiger partial charge in [0.1, 0.15) is 12.4 Å². The fraction of sp³-hybridized carbons (Fsp3) is 0.0833. The minimum Gasteiger partial charge on any atom is -0.488 e. The van der Waals surface area contributed by atoms with Gasteiger partial charge >= 0.3 is 0 Å². The Labute approximate surface area is 156 Å². The van der Waals surface area contributed by atoms with Gasteiger partial charge in [0, 0.05) is 15.8 Å². The third kappa shape index (κ3) is 1.91. The predicted octanol–water partition coefficient (Wildman–Crippen LogP) is 6.55. The summed E-state index contributed by atoms with van der Waals surface area (Å²) in [6, 6.07) is 19.9. The number of thiophene rings is 1. The monoisotopic (exact) mass is 352 g/mol. The molecule has 2 aliphatic rings. The molecule has 3 aromatic carbocycles. The summed E-state index contributed by atoms with van der Waals surface area (Å²) < 4.78 is 6.06. The first kappa shape index (κ1) is 14.3. The molecule has 4 aromatic rings. The van der Waals surface area contributed by atoms with Crippen molar-refractivity contribution >= 4 is 28.2 Å². The molecule has 0 fully saturated rings. The van der Waals surface area contributed by atoms with E-state index in [1.54, 1.807) is 11.3 Å². The van der Waals surface area contributed by atoms with E-state index >= 15 is 0 Å². The Morgan fingerprint density at radius 3 is 2.73 bits per heavy atom. The standard InChI is InChI=1S/C24H16OS/c1-2-6-19-18(5-1)23-17-10-9-15(22-8-4-12-26-22)13-16(17)14-21(23)20-7-3-11-25-24(19)20/h1-10,12-13H,11,14H2. The lowest BCUT2D eigenvalue weighted by Crippen LogP contribution is -2.04. The van der Waals surface area contributed by atoms with Crippen molar-refractivity contribution in [1.82, 2.24) is 0 Å². The topological polar surface area (TPSA) is 9.23 Å². The predicted molar refractivity (Wildman–Crippen MR) is 110 cm³/mol. The summed E-state index contributed by atoms with van der Waals surface area (Å²) in [7, 11) is 0. The van der Waals surface area contributed by atoms with Gasteiger partial charge < -0.3 is 4.74 Å². The van der Waals surface area contributed by atoms with Crippen molar-refractivity contribution < 1.29 is 4.74 Å². The lowest BCUT2D eigenvalue weighted by atomic mass is 9.92. The molecule has 1 nitrogen and oxygen atoms in total. The number of ether oxygens (including phenoxy) is 1. The van der Waals surface area contributed by atoms with E-state index in [0.29, 0.717) is 6.61 Å². The van der Waals surface area contributed by atoms with E-state index in [2.05, 4.69) is 72.1 Å². The summed E-state index contributed by atoms with van der Waals surface area (Å²) in [6.45, 7) is 0.658. The highest BCUT2D eigenvalue weighted by Crippen LogP contribution is 2.49. The zero-order chi connectivity index (χ0) is 17.1. The van der Waals surface area contributed by atoms with E-state index < -0.39 is 0 Å². The molecule has 0 spiro atoms. The second-order valence-electron chi connectivity index (χ2n) is 6.88. The van der Waals surface area contributed by atoms with Crippen LogP contribution in [0.5, 0.6) is 5.75 Å². The van der Waals surface area contributed by atoms with Crippen LogP contribution in [-0.4, -0.2) is 6.61 Å². The van der Waals surface area contributed by atoms with E-state index in [-0.39, 0.29) is 0 Å². The Kier molecular flexibility index (Phi) is 2.94. The van der Waals surface area contributed by atoms with Crippen LogP contribution in [0, 0.1) is 0 Å². The van der Waals surface area contributed by atoms with Gasteiger partial charge in [-0.15, -0.1) is 11.3 Å². The fourth-order valence-corrected chi connectivity index (χ4v) is 5.09. The van der Waals surface area contributed by atoms with Crippen molar-refractivity contribution in [3.05, 3.63) is 82.7 Å². The number of benzene rings is 3. The van der Waals surface area contributed by atoms with Gasteiger partial charge in [-0.1, -0.05) is 48.5 Å². The molecule has 0 amide bonds. The first-order valence-electron chi connectivity index (χ1n) is 8.94. The Balaban J connectivity index is 1.65. The Bertz CT molecular complexity index is 1200. The highest BCUT2D eigenvalue weighted by Gasteiger charge is 2.27. The second-order valence-corrected chi connectivity index (χ2v) is 7.83. The Morgan fingerprint density at radius 2 is 1.85 bits per heavy atom. The van der Waals surface area contributed by atoms with Gasteiger partial charge in [0.15, 0.2) is 0 Å². The number of hydrogen-bond acceptors (Lipinski definition) is 2. The lowest BCUT2D eigenvalue weighted by Gasteiger charge is -2.19. The maximum absolute atomic E-state index is 6.06. The smallest absolute Gasteiger partial charge is 0.135 e. The van der Waals surface area contributed by atoms with E-state index in [1.807, 2.05) is 0 Å². The van der Waals surface area contributed by atoms with Crippen LogP contribution in [0.25, 0.3) is 38.4 Å². The van der Waals surface area contributed by atoms with Gasteiger partial charge in [-0.3, -0.25) is 0 Å². The van der Waals surface area contributed by atoms with Gasteiger partial charge in [0.2, 0.25) is 0 Å². The summed E-state index contributed by atoms with van der Waals surface area (Å²) in [4.78, 5) is 1.33. The molecule has 2 heteroatoms. The highest BCUT2D eigenvalue weighted by molar-refractivity contribution is 7.13. The molecule has 0 unspecified atom stereocenters. The maximum atomic E-state index is 6.06. The molecule has 0 atom stereocenters. The molecule has 6 rings (SSSR count). The molecule has 1 aromatic heterocycles. The van der Waals surface area contributed by atoms with Gasteiger partial charge in [0.25, 0.3) is 0 Å². The van der Waals surface area contributed by atoms with E-state index in [9.17, 15) is 0 Å². The molecule has 1 aliphatic carbocycles. The van der Waals surface area contributed by atoms with Crippen LogP contribution in [0.4, 0.5) is 0 Å². The van der Waals surface area contributed by atoms with Crippen molar-refractivity contribution in [2.24, 2.45) is 0 Å². The zero-order valence-electron chi connectivity index (χ0n) is 14.2. The first-order valence-corrected chi connectivity index (χ1v) is 9.82. The lowest BCUT2D eigenvalue weighted by molar-refractivity contribution is 0.362. The second kappa shape index (κ2) is 5.33. The molecule has 0 saturated carbocycles. The minimum atomic E-state index is 0.658. The normalized spacial score (nSPS) is 14.0. The van der Waals surface area contributed by atoms with E-state index in [1.165, 1.54) is 49.0 Å². The van der Waals surface area contributed by atoms with Crippen LogP contribution < -0.4 is 4.74 Å². The summed E-state index contributed by atoms with van der Waals surface area (Å²) in [5.41, 5.74) is 8.17. The molecule has 0 saturated heterocycles. The highest BCUT2D eigenvalue weighted by atomic mass is 32.1. The van der Waals surface area contributed by atoms with Gasteiger partial charge in [0.05, 0.1) is 0 Å². The van der Waals surface area contributed by atoms with Gasteiger partial charge in [-0.2, -0.15) is 0 Å². The van der Waals surface area contributed by atoms with Crippen molar-refractivity contribution in [2.45, 2.75) is 6.42 Å². The summed E-state index contributed by atoms with van der Waals surface area (Å²) in [5.74, 6) is 1.05. The molecule has 1 aliphatic heterocycles. The molecule has 2 heterocycles. The summed E-state index contributed by atoms with van der Waals surface area (Å²) in [6.07, 6.45) is 5.35. The van der Waals surface area contributed by atoms with E-state index in [4.69, 9.17) is 4.74 Å². The zero-order valence-corrected chi connectivity index (χ0v) is 15.0. The molecule has 0 N–H and O–H groups in total. The van der Waals surface area contributed by atoms with Crippen LogP contribution in [0.15, 0.2) is 66.1 Å². The van der Waals surface area contributed by atoms with Gasteiger partial charge in [-0.05, 0) is 63.2 Å². The van der Waals surface area contributed by atoms with Crippen LogP contribution in [-0.2, 0) is 6.42 Å². The number of fused-ring (bicyclic) bond motifs is 8. The molecule has 0 radical (unpaired) electrons. The van der Waals surface area contributed by atoms with Crippen LogP contribution in [0.3, 0.4) is 0 Å². The first-order chi connectivity index (χ1) is 12.9. The third-order valence-electron chi connectivity index (χ3n) is 5.47. The van der Waals surface area contributed by atoms with Crippen molar-refractivity contribution in [3.63, 3.8) is 0 Å². The quantitative estimate of drug-likeness (QED) is 0.332. The average molecular weight is 352 g/mol. The maximum Gasteiger partial charge on any atom is 0.135 e. The molecule has 26 heavy (non-hydrogen) atoms. The molecule has 124 valence electrons. The number of rotatable bonds is 1.